The number of aromatic nitrogens is 1. The van der Waals surface area contributed by atoms with Crippen LogP contribution in [0.15, 0.2) is 58.8 Å². The van der Waals surface area contributed by atoms with Crippen molar-refractivity contribution in [1.29, 1.82) is 0 Å². The number of pyridine rings is 1. The average molecular weight is 297 g/mol. The van der Waals surface area contributed by atoms with Crippen LogP contribution in [0.25, 0.3) is 0 Å². The van der Waals surface area contributed by atoms with E-state index >= 15 is 0 Å². The van der Waals surface area contributed by atoms with Crippen molar-refractivity contribution in [2.45, 2.75) is 24.1 Å². The molecule has 1 amide bonds. The maximum atomic E-state index is 12.6. The largest absolute Gasteiger partial charge is 0.271 e. The molecule has 0 N–H and O–H groups in total. The van der Waals surface area contributed by atoms with Gasteiger partial charge in [-0.25, -0.2) is 4.98 Å². The Kier molecular flexibility index (Phi) is 3.75. The zero-order valence-corrected chi connectivity index (χ0v) is 12.7. The van der Waals surface area contributed by atoms with Gasteiger partial charge in [0.2, 0.25) is 0 Å². The number of hydrogen-bond donors (Lipinski definition) is 0. The average Bonchev–Trinajstić information content (AvgIpc) is 2.78. The predicted octanol–water partition coefficient (Wildman–Crippen LogP) is 3.27. The number of nitrogens with zero attached hydrogens (tertiary/aromatic N) is 3. The summed E-state index contributed by atoms with van der Waals surface area (Å²) in [5.74, 6) is -0.0222. The van der Waals surface area contributed by atoms with Gasteiger partial charge >= 0.3 is 0 Å². The standard InChI is InChI=1S/C16H15N3OS/c1-11-8-9-14(17-10-11)21-15-12(2)18-19(16(15)20)13-6-4-3-5-7-13/h3-10,15H,1-2H3. The predicted molar refractivity (Wildman–Crippen MR) is 85.7 cm³/mol. The number of aryl methyl sites for hydroxylation is 1. The first kappa shape index (κ1) is 13.8. The highest BCUT2D eigenvalue weighted by Crippen LogP contribution is 2.30. The lowest BCUT2D eigenvalue weighted by atomic mass is 10.3. The molecule has 0 saturated heterocycles. The molecule has 1 aromatic carbocycles. The van der Waals surface area contributed by atoms with Crippen LogP contribution in [0.3, 0.4) is 0 Å². The van der Waals surface area contributed by atoms with Crippen molar-refractivity contribution in [3.05, 3.63) is 54.2 Å². The van der Waals surface area contributed by atoms with Gasteiger partial charge in [0.05, 0.1) is 16.4 Å². The third-order valence-corrected chi connectivity index (χ3v) is 4.46. The van der Waals surface area contributed by atoms with Gasteiger partial charge in [-0.3, -0.25) is 4.79 Å². The molecule has 1 atom stereocenters. The molecule has 0 radical (unpaired) electrons. The van der Waals surface area contributed by atoms with E-state index in [0.717, 1.165) is 22.0 Å². The SMILES string of the molecule is CC1=NN(c2ccccc2)C(=O)C1Sc1ccc(C)cn1. The Morgan fingerprint density at radius 2 is 1.86 bits per heavy atom. The molecule has 1 aliphatic heterocycles. The number of benzene rings is 1. The fraction of sp³-hybridized carbons (Fsp3) is 0.188. The zero-order chi connectivity index (χ0) is 14.8. The van der Waals surface area contributed by atoms with Crippen LogP contribution in [0.4, 0.5) is 5.69 Å². The van der Waals surface area contributed by atoms with Gasteiger partial charge in [-0.15, -0.1) is 0 Å². The molecule has 4 nitrogen and oxygen atoms in total. The van der Waals surface area contributed by atoms with E-state index in [1.165, 1.54) is 16.8 Å². The van der Waals surface area contributed by atoms with E-state index < -0.39 is 0 Å². The topological polar surface area (TPSA) is 45.6 Å². The Labute approximate surface area is 127 Å². The maximum Gasteiger partial charge on any atom is 0.266 e. The molecule has 1 aromatic heterocycles. The van der Waals surface area contributed by atoms with Gasteiger partial charge in [0.15, 0.2) is 0 Å². The van der Waals surface area contributed by atoms with Crippen LogP contribution in [-0.2, 0) is 4.79 Å². The smallest absolute Gasteiger partial charge is 0.266 e. The number of para-hydroxylation sites is 1. The summed E-state index contributed by atoms with van der Waals surface area (Å²) in [5.41, 5.74) is 2.70. The Bertz CT molecular complexity index is 682. The van der Waals surface area contributed by atoms with Crippen LogP contribution in [0.1, 0.15) is 12.5 Å². The molecule has 0 aliphatic carbocycles. The van der Waals surface area contributed by atoms with E-state index in [1.807, 2.05) is 62.5 Å². The summed E-state index contributed by atoms with van der Waals surface area (Å²) in [4.78, 5) is 16.9. The molecule has 5 heteroatoms. The molecule has 1 unspecified atom stereocenters. The third-order valence-electron chi connectivity index (χ3n) is 3.19. The van der Waals surface area contributed by atoms with Crippen molar-refractivity contribution in [2.75, 3.05) is 5.01 Å². The number of anilines is 1. The monoisotopic (exact) mass is 297 g/mol. The lowest BCUT2D eigenvalue weighted by Crippen LogP contribution is -2.29. The van der Waals surface area contributed by atoms with E-state index in [1.54, 1.807) is 0 Å². The van der Waals surface area contributed by atoms with E-state index in [2.05, 4.69) is 10.1 Å². The third kappa shape index (κ3) is 2.83. The fourth-order valence-electron chi connectivity index (χ4n) is 2.08. The minimum absolute atomic E-state index is 0.0222. The highest BCUT2D eigenvalue weighted by atomic mass is 32.2. The zero-order valence-electron chi connectivity index (χ0n) is 11.9. The Morgan fingerprint density at radius 3 is 2.52 bits per heavy atom. The van der Waals surface area contributed by atoms with Crippen molar-refractivity contribution in [3.8, 4) is 0 Å². The summed E-state index contributed by atoms with van der Waals surface area (Å²) in [6.45, 7) is 3.87. The molecule has 21 heavy (non-hydrogen) atoms. The van der Waals surface area contributed by atoms with Gasteiger partial charge in [0, 0.05) is 6.20 Å². The van der Waals surface area contributed by atoms with E-state index in [0.29, 0.717) is 0 Å². The molecule has 3 rings (SSSR count). The summed E-state index contributed by atoms with van der Waals surface area (Å²) in [5, 5.41) is 6.39. The van der Waals surface area contributed by atoms with Crippen LogP contribution in [0.2, 0.25) is 0 Å². The molecule has 1 aliphatic rings. The van der Waals surface area contributed by atoms with Crippen molar-refractivity contribution in [1.82, 2.24) is 4.98 Å². The Balaban J connectivity index is 1.81. The number of amides is 1. The number of hydrogen-bond acceptors (Lipinski definition) is 4. The minimum atomic E-state index is -0.305. The first-order valence-electron chi connectivity index (χ1n) is 6.68. The number of hydrazone groups is 1. The van der Waals surface area contributed by atoms with E-state index in [-0.39, 0.29) is 11.2 Å². The number of rotatable bonds is 3. The molecule has 0 bridgehead atoms. The lowest BCUT2D eigenvalue weighted by molar-refractivity contribution is -0.116. The Morgan fingerprint density at radius 1 is 1.10 bits per heavy atom. The van der Waals surface area contributed by atoms with Crippen molar-refractivity contribution >= 4 is 29.1 Å². The van der Waals surface area contributed by atoms with Crippen LogP contribution >= 0.6 is 11.8 Å². The first-order valence-corrected chi connectivity index (χ1v) is 7.56. The number of carbonyl (C=O) groups is 1. The van der Waals surface area contributed by atoms with Gasteiger partial charge in [-0.05, 0) is 37.6 Å². The van der Waals surface area contributed by atoms with Gasteiger partial charge in [-0.2, -0.15) is 10.1 Å². The normalized spacial score (nSPS) is 18.0. The molecule has 2 heterocycles. The van der Waals surface area contributed by atoms with E-state index in [4.69, 9.17) is 0 Å². The van der Waals surface area contributed by atoms with Gasteiger partial charge in [0.1, 0.15) is 5.25 Å². The maximum absolute atomic E-state index is 12.6. The van der Waals surface area contributed by atoms with Crippen molar-refractivity contribution in [2.24, 2.45) is 5.10 Å². The Hall–Kier alpha value is -2.14. The quantitative estimate of drug-likeness (QED) is 0.873. The number of thioether (sulfide) groups is 1. The van der Waals surface area contributed by atoms with E-state index in [9.17, 15) is 4.79 Å². The fourth-order valence-corrected chi connectivity index (χ4v) is 3.00. The van der Waals surface area contributed by atoms with Crippen LogP contribution < -0.4 is 5.01 Å². The summed E-state index contributed by atoms with van der Waals surface area (Å²) in [6.07, 6.45) is 1.81. The van der Waals surface area contributed by atoms with Crippen molar-refractivity contribution < 1.29 is 4.79 Å². The van der Waals surface area contributed by atoms with Crippen LogP contribution in [0.5, 0.6) is 0 Å². The highest BCUT2D eigenvalue weighted by molar-refractivity contribution is 8.01. The molecule has 0 saturated carbocycles. The number of carbonyl (C=O) groups excluding carboxylic acids is 1. The summed E-state index contributed by atoms with van der Waals surface area (Å²) in [7, 11) is 0. The second-order valence-corrected chi connectivity index (χ2v) is 6.02. The summed E-state index contributed by atoms with van der Waals surface area (Å²) >= 11 is 1.44. The minimum Gasteiger partial charge on any atom is -0.271 e. The molecule has 106 valence electrons. The molecule has 2 aromatic rings. The lowest BCUT2D eigenvalue weighted by Gasteiger charge is -2.13. The van der Waals surface area contributed by atoms with Crippen LogP contribution in [-0.4, -0.2) is 21.9 Å². The van der Waals surface area contributed by atoms with Crippen LogP contribution in [0, 0.1) is 6.92 Å². The second-order valence-electron chi connectivity index (χ2n) is 4.90. The summed E-state index contributed by atoms with van der Waals surface area (Å²) in [6, 6.07) is 13.4. The molecule has 0 spiro atoms. The second kappa shape index (κ2) is 5.69. The van der Waals surface area contributed by atoms with Crippen molar-refractivity contribution in [3.63, 3.8) is 0 Å². The summed E-state index contributed by atoms with van der Waals surface area (Å²) < 4.78 is 0. The molecule has 0 fully saturated rings. The van der Waals surface area contributed by atoms with Gasteiger partial charge in [0.25, 0.3) is 5.91 Å². The van der Waals surface area contributed by atoms with Gasteiger partial charge < -0.3 is 0 Å². The molecular weight excluding hydrogens is 282 g/mol. The first-order chi connectivity index (χ1) is 10.1. The van der Waals surface area contributed by atoms with Gasteiger partial charge in [-0.1, -0.05) is 36.0 Å². The highest BCUT2D eigenvalue weighted by Gasteiger charge is 2.35. The molecular formula is C16H15N3OS.